The Morgan fingerprint density at radius 2 is 1.95 bits per heavy atom. The highest BCUT2D eigenvalue weighted by Crippen LogP contribution is 2.26. The Morgan fingerprint density at radius 3 is 2.45 bits per heavy atom. The van der Waals surface area contributed by atoms with E-state index in [2.05, 4.69) is 0 Å². The summed E-state index contributed by atoms with van der Waals surface area (Å²) in [7, 11) is 1.35. The maximum atomic E-state index is 12.2. The first-order valence-electron chi connectivity index (χ1n) is 6.96. The van der Waals surface area contributed by atoms with Crippen molar-refractivity contribution in [2.75, 3.05) is 20.3 Å². The third-order valence-electron chi connectivity index (χ3n) is 3.33. The number of carbonyl (C=O) groups excluding carboxylic acids is 2. The van der Waals surface area contributed by atoms with Gasteiger partial charge in [0, 0.05) is 19.2 Å². The largest absolute Gasteiger partial charge is 0.469 e. The first-order chi connectivity index (χ1) is 9.28. The Balaban J connectivity index is 2.77. The van der Waals surface area contributed by atoms with Crippen LogP contribution in [-0.4, -0.2) is 54.0 Å². The number of ether oxygens (including phenoxy) is 2. The lowest BCUT2D eigenvalue weighted by atomic mass is 9.91. The number of methoxy groups -OCH3 is 1. The third kappa shape index (κ3) is 4.67. The van der Waals surface area contributed by atoms with Gasteiger partial charge < -0.3 is 19.5 Å². The summed E-state index contributed by atoms with van der Waals surface area (Å²) in [6.07, 6.45) is 1.38. The van der Waals surface area contributed by atoms with Gasteiger partial charge in [-0.2, -0.15) is 0 Å². The highest BCUT2D eigenvalue weighted by atomic mass is 16.6. The quantitative estimate of drug-likeness (QED) is 0.797. The molecule has 20 heavy (non-hydrogen) atoms. The molecule has 0 saturated carbocycles. The van der Waals surface area contributed by atoms with Gasteiger partial charge in [-0.3, -0.25) is 4.79 Å². The second kappa shape index (κ2) is 6.92. The molecular formula is C14H25NO5. The molecule has 1 N–H and O–H groups in total. The van der Waals surface area contributed by atoms with E-state index in [1.165, 1.54) is 7.11 Å². The fourth-order valence-corrected chi connectivity index (χ4v) is 2.38. The summed E-state index contributed by atoms with van der Waals surface area (Å²) < 4.78 is 10.1. The van der Waals surface area contributed by atoms with Crippen LogP contribution in [0.2, 0.25) is 0 Å². The molecule has 0 bridgehead atoms. The van der Waals surface area contributed by atoms with Crippen LogP contribution in [0.4, 0.5) is 4.79 Å². The normalized spacial score (nSPS) is 23.4. The van der Waals surface area contributed by atoms with E-state index in [-0.39, 0.29) is 31.1 Å². The van der Waals surface area contributed by atoms with Crippen LogP contribution in [0.3, 0.4) is 0 Å². The molecule has 2 atom stereocenters. The van der Waals surface area contributed by atoms with E-state index in [1.54, 1.807) is 25.7 Å². The zero-order chi connectivity index (χ0) is 15.3. The van der Waals surface area contributed by atoms with Crippen molar-refractivity contribution in [3.8, 4) is 0 Å². The molecule has 6 heteroatoms. The first kappa shape index (κ1) is 16.8. The van der Waals surface area contributed by atoms with Gasteiger partial charge in [-0.05, 0) is 40.0 Å². The Morgan fingerprint density at radius 1 is 1.30 bits per heavy atom. The highest BCUT2D eigenvalue weighted by molar-refractivity contribution is 5.75. The predicted molar refractivity (Wildman–Crippen MR) is 73.2 cm³/mol. The molecule has 0 aromatic rings. The monoisotopic (exact) mass is 287 g/mol. The van der Waals surface area contributed by atoms with Gasteiger partial charge in [0.1, 0.15) is 5.60 Å². The fourth-order valence-electron chi connectivity index (χ4n) is 2.38. The number of aliphatic hydroxyl groups is 1. The van der Waals surface area contributed by atoms with Crippen molar-refractivity contribution in [1.29, 1.82) is 0 Å². The second-order valence-corrected chi connectivity index (χ2v) is 6.10. The average Bonchev–Trinajstić information content (AvgIpc) is 2.36. The third-order valence-corrected chi connectivity index (χ3v) is 3.33. The number of hydrogen-bond acceptors (Lipinski definition) is 5. The number of esters is 1. The van der Waals surface area contributed by atoms with Gasteiger partial charge in [0.05, 0.1) is 13.0 Å². The molecule has 116 valence electrons. The number of carbonyl (C=O) groups is 2. The number of amides is 1. The maximum Gasteiger partial charge on any atom is 0.410 e. The van der Waals surface area contributed by atoms with Crippen molar-refractivity contribution in [2.24, 2.45) is 5.92 Å². The van der Waals surface area contributed by atoms with Gasteiger partial charge in [-0.25, -0.2) is 4.79 Å². The van der Waals surface area contributed by atoms with E-state index in [9.17, 15) is 9.59 Å². The van der Waals surface area contributed by atoms with Crippen molar-refractivity contribution < 1.29 is 24.2 Å². The molecule has 6 nitrogen and oxygen atoms in total. The summed E-state index contributed by atoms with van der Waals surface area (Å²) in [5, 5.41) is 9.10. The van der Waals surface area contributed by atoms with Crippen LogP contribution >= 0.6 is 0 Å². The van der Waals surface area contributed by atoms with Crippen LogP contribution in [0.15, 0.2) is 0 Å². The molecule has 0 aromatic heterocycles. The number of rotatable bonds is 3. The number of likely N-dealkylation sites (tertiary alicyclic amines) is 1. The lowest BCUT2D eigenvalue weighted by Crippen LogP contribution is -2.50. The van der Waals surface area contributed by atoms with Crippen LogP contribution in [-0.2, 0) is 14.3 Å². The summed E-state index contributed by atoms with van der Waals surface area (Å²) in [5.74, 6) is -0.622. The van der Waals surface area contributed by atoms with Gasteiger partial charge >= 0.3 is 12.1 Å². The molecule has 1 aliphatic heterocycles. The second-order valence-electron chi connectivity index (χ2n) is 6.10. The number of nitrogens with zero attached hydrogens (tertiary/aromatic N) is 1. The minimum absolute atomic E-state index is 0.00680. The Kier molecular flexibility index (Phi) is 5.80. The van der Waals surface area contributed by atoms with E-state index in [0.29, 0.717) is 19.3 Å². The van der Waals surface area contributed by atoms with E-state index in [1.807, 2.05) is 0 Å². The Hall–Kier alpha value is -1.30. The standard InChI is InChI=1S/C14H25NO5/c1-14(2,3)20-13(18)15-9-10(12(17)19-4)5-6-11(15)7-8-16/h10-11,16H,5-9H2,1-4H3/t10-,11-/m1/s1. The molecular weight excluding hydrogens is 262 g/mol. The predicted octanol–water partition coefficient (Wildman–Crippen LogP) is 1.56. The molecule has 0 aliphatic carbocycles. The molecule has 1 rings (SSSR count). The van der Waals surface area contributed by atoms with Gasteiger partial charge in [-0.15, -0.1) is 0 Å². The van der Waals surface area contributed by atoms with Crippen LogP contribution in [0.5, 0.6) is 0 Å². The zero-order valence-corrected chi connectivity index (χ0v) is 12.7. The van der Waals surface area contributed by atoms with Crippen molar-refractivity contribution in [3.05, 3.63) is 0 Å². The summed E-state index contributed by atoms with van der Waals surface area (Å²) in [4.78, 5) is 25.4. The van der Waals surface area contributed by atoms with Crippen LogP contribution < -0.4 is 0 Å². The molecule has 1 aliphatic rings. The molecule has 1 saturated heterocycles. The zero-order valence-electron chi connectivity index (χ0n) is 12.7. The first-order valence-corrected chi connectivity index (χ1v) is 6.96. The Bertz CT molecular complexity index is 350. The molecule has 0 spiro atoms. The summed E-state index contributed by atoms with van der Waals surface area (Å²) >= 11 is 0. The Labute approximate surface area is 120 Å². The van der Waals surface area contributed by atoms with Crippen LogP contribution in [0.1, 0.15) is 40.0 Å². The minimum atomic E-state index is -0.584. The van der Waals surface area contributed by atoms with Gasteiger partial charge in [0.2, 0.25) is 0 Å². The summed E-state index contributed by atoms with van der Waals surface area (Å²) in [6.45, 7) is 5.69. The van der Waals surface area contributed by atoms with Crippen molar-refractivity contribution >= 4 is 12.1 Å². The number of aliphatic hydroxyl groups excluding tert-OH is 1. The van der Waals surface area contributed by atoms with Crippen molar-refractivity contribution in [3.63, 3.8) is 0 Å². The topological polar surface area (TPSA) is 76.1 Å². The fraction of sp³-hybridized carbons (Fsp3) is 0.857. The van der Waals surface area contributed by atoms with Gasteiger partial charge in [0.15, 0.2) is 0 Å². The molecule has 1 heterocycles. The summed E-state index contributed by atoms with van der Waals surface area (Å²) in [6, 6.07) is -0.0873. The number of hydrogen-bond donors (Lipinski definition) is 1. The van der Waals surface area contributed by atoms with Crippen LogP contribution in [0.25, 0.3) is 0 Å². The van der Waals surface area contributed by atoms with Crippen LogP contribution in [0, 0.1) is 5.92 Å². The molecule has 0 unspecified atom stereocenters. The molecule has 0 aromatic carbocycles. The van der Waals surface area contributed by atoms with E-state index >= 15 is 0 Å². The lowest BCUT2D eigenvalue weighted by Gasteiger charge is -2.39. The smallest absolute Gasteiger partial charge is 0.410 e. The van der Waals surface area contributed by atoms with E-state index in [4.69, 9.17) is 14.6 Å². The number of piperidine rings is 1. The minimum Gasteiger partial charge on any atom is -0.469 e. The SMILES string of the molecule is COC(=O)[C@@H]1CC[C@H](CCO)N(C(=O)OC(C)(C)C)C1. The summed E-state index contributed by atoms with van der Waals surface area (Å²) in [5.41, 5.74) is -0.584. The van der Waals surface area contributed by atoms with E-state index < -0.39 is 11.7 Å². The highest BCUT2D eigenvalue weighted by Gasteiger charge is 2.36. The molecule has 1 amide bonds. The van der Waals surface area contributed by atoms with Gasteiger partial charge in [0.25, 0.3) is 0 Å². The van der Waals surface area contributed by atoms with Gasteiger partial charge in [-0.1, -0.05) is 0 Å². The maximum absolute atomic E-state index is 12.2. The van der Waals surface area contributed by atoms with Crippen molar-refractivity contribution in [1.82, 2.24) is 4.90 Å². The average molecular weight is 287 g/mol. The van der Waals surface area contributed by atoms with E-state index in [0.717, 1.165) is 0 Å². The lowest BCUT2D eigenvalue weighted by molar-refractivity contribution is -0.147. The molecule has 1 fully saturated rings. The van der Waals surface area contributed by atoms with Crippen molar-refractivity contribution in [2.45, 2.75) is 51.7 Å². The molecule has 0 radical (unpaired) electrons.